The molecule has 0 aromatic heterocycles. The van der Waals surface area contributed by atoms with E-state index in [1.807, 2.05) is 0 Å². The molecule has 1 aromatic carbocycles. The molecule has 1 aromatic rings. The largest absolute Gasteiger partial charge is 0.0604 e. The van der Waals surface area contributed by atoms with Crippen molar-refractivity contribution in [3.05, 3.63) is 35.4 Å². The molecule has 0 fully saturated rings. The lowest BCUT2D eigenvalue weighted by molar-refractivity contribution is 0.469. The van der Waals surface area contributed by atoms with Crippen LogP contribution in [-0.4, -0.2) is 0 Å². The summed E-state index contributed by atoms with van der Waals surface area (Å²) < 4.78 is 0. The molecular weight excluding hydrogens is 192 g/mol. The minimum absolute atomic E-state index is 0.285. The number of hydrogen-bond acceptors (Lipinski definition) is 0. The lowest BCUT2D eigenvalue weighted by atomic mass is 9.87. The van der Waals surface area contributed by atoms with E-state index >= 15 is 0 Å². The fourth-order valence-corrected chi connectivity index (χ4v) is 1.05. The Labute approximate surface area is 102 Å². The first-order valence-electron chi connectivity index (χ1n) is 6.07. The zero-order valence-electron chi connectivity index (χ0n) is 12.3. The van der Waals surface area contributed by atoms with Crippen LogP contribution in [0.4, 0.5) is 0 Å². The third-order valence-electron chi connectivity index (χ3n) is 1.92. The van der Waals surface area contributed by atoms with E-state index in [1.54, 1.807) is 0 Å². The number of aryl methyl sites for hydroxylation is 1. The standard InChI is InChI=1S/C11H16.C5H12/c1-9-5-7-10(8-6-9)11(2,3)4;1-5(2,3)4/h5-8H,1-4H3;1-4H3. The van der Waals surface area contributed by atoms with Gasteiger partial charge in [-0.2, -0.15) is 0 Å². The van der Waals surface area contributed by atoms with Crippen LogP contribution in [0.15, 0.2) is 24.3 Å². The summed E-state index contributed by atoms with van der Waals surface area (Å²) in [5, 5.41) is 0. The molecule has 0 saturated heterocycles. The van der Waals surface area contributed by atoms with Crippen LogP contribution < -0.4 is 0 Å². The molecule has 0 heteroatoms. The first kappa shape index (κ1) is 15.2. The Kier molecular flexibility index (Phi) is 5.25. The summed E-state index contributed by atoms with van der Waals surface area (Å²) in [4.78, 5) is 0. The van der Waals surface area contributed by atoms with Gasteiger partial charge in [0.15, 0.2) is 0 Å². The van der Waals surface area contributed by atoms with Crippen LogP contribution in [0.5, 0.6) is 0 Å². The molecule has 0 bridgehead atoms. The van der Waals surface area contributed by atoms with Crippen molar-refractivity contribution in [2.75, 3.05) is 0 Å². The quantitative estimate of drug-likeness (QED) is 0.553. The zero-order chi connectivity index (χ0) is 13.0. The minimum Gasteiger partial charge on any atom is -0.0604 e. The molecule has 92 valence electrons. The van der Waals surface area contributed by atoms with E-state index in [1.165, 1.54) is 11.1 Å². The zero-order valence-corrected chi connectivity index (χ0v) is 12.3. The highest BCUT2D eigenvalue weighted by molar-refractivity contribution is 5.26. The summed E-state index contributed by atoms with van der Waals surface area (Å²) in [6, 6.07) is 8.74. The van der Waals surface area contributed by atoms with Gasteiger partial charge in [0.25, 0.3) is 0 Å². The predicted octanol–water partition coefficient (Wildman–Crippen LogP) is 5.34. The fraction of sp³-hybridized carbons (Fsp3) is 0.625. The maximum absolute atomic E-state index is 2.23. The Bertz CT molecular complexity index is 284. The smallest absolute Gasteiger partial charge is 0.0132 e. The summed E-state index contributed by atoms with van der Waals surface area (Å²) in [7, 11) is 0. The van der Waals surface area contributed by atoms with E-state index in [2.05, 4.69) is 79.7 Å². The number of rotatable bonds is 0. The Balaban J connectivity index is 0.000000385. The van der Waals surface area contributed by atoms with Crippen molar-refractivity contribution in [1.82, 2.24) is 0 Å². The van der Waals surface area contributed by atoms with E-state index in [0.717, 1.165) is 0 Å². The molecule has 0 saturated carbocycles. The number of hydrogen-bond donors (Lipinski definition) is 0. The Morgan fingerprint density at radius 3 is 1.25 bits per heavy atom. The van der Waals surface area contributed by atoms with Crippen LogP contribution in [0.25, 0.3) is 0 Å². The van der Waals surface area contributed by atoms with Gasteiger partial charge in [-0.15, -0.1) is 0 Å². The highest BCUT2D eigenvalue weighted by atomic mass is 14.2. The average Bonchev–Trinajstić information content (AvgIpc) is 1.99. The minimum atomic E-state index is 0.285. The van der Waals surface area contributed by atoms with Crippen molar-refractivity contribution in [2.24, 2.45) is 5.41 Å². The van der Waals surface area contributed by atoms with Crippen LogP contribution in [-0.2, 0) is 5.41 Å². The van der Waals surface area contributed by atoms with Gasteiger partial charge >= 0.3 is 0 Å². The van der Waals surface area contributed by atoms with Crippen LogP contribution >= 0.6 is 0 Å². The third kappa shape index (κ3) is 8.52. The van der Waals surface area contributed by atoms with Gasteiger partial charge in [-0.3, -0.25) is 0 Å². The fourth-order valence-electron chi connectivity index (χ4n) is 1.05. The Morgan fingerprint density at radius 2 is 1.00 bits per heavy atom. The summed E-state index contributed by atoms with van der Waals surface area (Å²) in [6.45, 7) is 17.6. The molecule has 0 unspecified atom stereocenters. The van der Waals surface area contributed by atoms with Crippen LogP contribution in [0.1, 0.15) is 59.6 Å². The second-order valence-corrected chi connectivity index (χ2v) is 7.12. The lowest BCUT2D eigenvalue weighted by Gasteiger charge is -2.18. The normalized spacial score (nSPS) is 11.8. The molecule has 0 atom stereocenters. The average molecular weight is 220 g/mol. The van der Waals surface area contributed by atoms with Gasteiger partial charge in [0.05, 0.1) is 0 Å². The summed E-state index contributed by atoms with van der Waals surface area (Å²) >= 11 is 0. The molecule has 0 heterocycles. The molecule has 0 radical (unpaired) electrons. The van der Waals surface area contributed by atoms with Crippen LogP contribution in [0.3, 0.4) is 0 Å². The maximum Gasteiger partial charge on any atom is -0.0132 e. The topological polar surface area (TPSA) is 0 Å². The first-order chi connectivity index (χ1) is 7.00. The van der Waals surface area contributed by atoms with E-state index < -0.39 is 0 Å². The van der Waals surface area contributed by atoms with Crippen molar-refractivity contribution in [1.29, 1.82) is 0 Å². The molecule has 0 aliphatic rings. The molecule has 0 aliphatic carbocycles. The monoisotopic (exact) mass is 220 g/mol. The summed E-state index contributed by atoms with van der Waals surface area (Å²) in [6.07, 6.45) is 0. The first-order valence-corrected chi connectivity index (χ1v) is 6.07. The second-order valence-electron chi connectivity index (χ2n) is 7.12. The van der Waals surface area contributed by atoms with E-state index in [-0.39, 0.29) is 5.41 Å². The summed E-state index contributed by atoms with van der Waals surface area (Å²) in [5.41, 5.74) is 3.52. The van der Waals surface area contributed by atoms with Gasteiger partial charge in [-0.1, -0.05) is 78.3 Å². The Hall–Kier alpha value is -0.780. The lowest BCUT2D eigenvalue weighted by Crippen LogP contribution is -2.10. The van der Waals surface area contributed by atoms with Crippen molar-refractivity contribution in [3.8, 4) is 0 Å². The molecule has 1 rings (SSSR count). The van der Waals surface area contributed by atoms with E-state index in [4.69, 9.17) is 0 Å². The highest BCUT2D eigenvalue weighted by Gasteiger charge is 2.11. The van der Waals surface area contributed by atoms with Gasteiger partial charge in [-0.05, 0) is 23.3 Å². The van der Waals surface area contributed by atoms with E-state index in [9.17, 15) is 0 Å². The predicted molar refractivity (Wildman–Crippen MR) is 75.0 cm³/mol. The SMILES string of the molecule is CC(C)(C)C.Cc1ccc(C(C)(C)C)cc1. The van der Waals surface area contributed by atoms with Gasteiger partial charge in [0.1, 0.15) is 0 Å². The van der Waals surface area contributed by atoms with Crippen molar-refractivity contribution >= 4 is 0 Å². The molecule has 0 spiro atoms. The second kappa shape index (κ2) is 5.52. The van der Waals surface area contributed by atoms with Crippen molar-refractivity contribution in [2.45, 2.75) is 60.8 Å². The van der Waals surface area contributed by atoms with Gasteiger partial charge in [0.2, 0.25) is 0 Å². The molecule has 0 N–H and O–H groups in total. The molecular formula is C16H28. The molecule has 0 nitrogen and oxygen atoms in total. The van der Waals surface area contributed by atoms with Gasteiger partial charge < -0.3 is 0 Å². The van der Waals surface area contributed by atoms with Crippen LogP contribution in [0, 0.1) is 12.3 Å². The van der Waals surface area contributed by atoms with Gasteiger partial charge in [-0.25, -0.2) is 0 Å². The van der Waals surface area contributed by atoms with Crippen LogP contribution in [0.2, 0.25) is 0 Å². The van der Waals surface area contributed by atoms with E-state index in [0.29, 0.717) is 5.41 Å². The molecule has 16 heavy (non-hydrogen) atoms. The molecule has 0 amide bonds. The van der Waals surface area contributed by atoms with Crippen molar-refractivity contribution in [3.63, 3.8) is 0 Å². The maximum atomic E-state index is 2.23. The van der Waals surface area contributed by atoms with Gasteiger partial charge in [0, 0.05) is 0 Å². The highest BCUT2D eigenvalue weighted by Crippen LogP contribution is 2.21. The summed E-state index contributed by atoms with van der Waals surface area (Å²) in [5.74, 6) is 0. The Morgan fingerprint density at radius 1 is 0.688 bits per heavy atom. The van der Waals surface area contributed by atoms with Crippen molar-refractivity contribution < 1.29 is 0 Å². The third-order valence-corrected chi connectivity index (χ3v) is 1.92. The molecule has 0 aliphatic heterocycles. The number of benzene rings is 1.